The Morgan fingerprint density at radius 1 is 1.28 bits per heavy atom. The van der Waals surface area contributed by atoms with Gasteiger partial charge in [0.05, 0.1) is 19.0 Å². The summed E-state index contributed by atoms with van der Waals surface area (Å²) in [6, 6.07) is 3.74. The van der Waals surface area contributed by atoms with Crippen LogP contribution >= 0.6 is 0 Å². The van der Waals surface area contributed by atoms with Crippen molar-refractivity contribution >= 4 is 16.0 Å². The molecule has 0 fully saturated rings. The zero-order chi connectivity index (χ0) is 19.0. The van der Waals surface area contributed by atoms with E-state index in [4.69, 9.17) is 9.47 Å². The first kappa shape index (κ1) is 21.4. The van der Waals surface area contributed by atoms with Gasteiger partial charge in [0.15, 0.2) is 11.6 Å². The highest BCUT2D eigenvalue weighted by molar-refractivity contribution is 7.89. The fourth-order valence-electron chi connectivity index (χ4n) is 2.02. The number of benzene rings is 1. The fourth-order valence-corrected chi connectivity index (χ4v) is 3.31. The number of hydrogen-bond acceptors (Lipinski definition) is 5. The van der Waals surface area contributed by atoms with Crippen LogP contribution in [0.2, 0.25) is 0 Å². The van der Waals surface area contributed by atoms with Gasteiger partial charge in [-0.2, -0.15) is 0 Å². The van der Waals surface area contributed by atoms with Gasteiger partial charge >= 0.3 is 5.97 Å². The molecule has 0 saturated heterocycles. The number of ether oxygens (including phenoxy) is 2. The van der Waals surface area contributed by atoms with Crippen LogP contribution in [0.15, 0.2) is 18.2 Å². The number of halogens is 1. The van der Waals surface area contributed by atoms with Crippen molar-refractivity contribution in [2.24, 2.45) is 5.92 Å². The van der Waals surface area contributed by atoms with Gasteiger partial charge in [0.2, 0.25) is 10.0 Å². The summed E-state index contributed by atoms with van der Waals surface area (Å²) in [6.45, 7) is 7.26. The standard InChI is InChI=1S/C17H26FNO5S/c1-12(2)11-24-17-10-15(6-7-16(17)18)13(3)19-25(21,22)9-5-8-23-14(4)20/h6-7,10,12-13,19H,5,8-9,11H2,1-4H3/t13-/m1/s1. The Hall–Kier alpha value is -1.67. The molecular formula is C17H26FNO5S. The Morgan fingerprint density at radius 2 is 1.96 bits per heavy atom. The van der Waals surface area contributed by atoms with Crippen LogP contribution in [0.25, 0.3) is 0 Å². The van der Waals surface area contributed by atoms with Gasteiger partial charge in [0.25, 0.3) is 0 Å². The Morgan fingerprint density at radius 3 is 2.56 bits per heavy atom. The van der Waals surface area contributed by atoms with E-state index in [1.165, 1.54) is 25.1 Å². The number of rotatable bonds is 10. The average Bonchev–Trinajstić information content (AvgIpc) is 2.50. The molecule has 0 spiro atoms. The molecule has 1 rings (SSSR count). The van der Waals surface area contributed by atoms with E-state index >= 15 is 0 Å². The topological polar surface area (TPSA) is 81.7 Å². The zero-order valence-electron chi connectivity index (χ0n) is 15.0. The summed E-state index contributed by atoms with van der Waals surface area (Å²) in [5, 5.41) is 0. The largest absolute Gasteiger partial charge is 0.490 e. The highest BCUT2D eigenvalue weighted by Gasteiger charge is 2.17. The lowest BCUT2D eigenvalue weighted by atomic mass is 10.1. The highest BCUT2D eigenvalue weighted by atomic mass is 32.2. The monoisotopic (exact) mass is 375 g/mol. The van der Waals surface area contributed by atoms with Crippen LogP contribution < -0.4 is 9.46 Å². The third-order valence-corrected chi connectivity index (χ3v) is 4.79. The Balaban J connectivity index is 2.67. The van der Waals surface area contributed by atoms with E-state index in [-0.39, 0.29) is 30.4 Å². The SMILES string of the molecule is CC(=O)OCCCS(=O)(=O)N[C@H](C)c1ccc(F)c(OCC(C)C)c1. The minimum atomic E-state index is -3.55. The fraction of sp³-hybridized carbons (Fsp3) is 0.588. The van der Waals surface area contributed by atoms with Gasteiger partial charge in [0.1, 0.15) is 0 Å². The van der Waals surface area contributed by atoms with Gasteiger partial charge in [-0.15, -0.1) is 0 Å². The number of sulfonamides is 1. The zero-order valence-corrected chi connectivity index (χ0v) is 15.9. The lowest BCUT2D eigenvalue weighted by molar-refractivity contribution is -0.140. The van der Waals surface area contributed by atoms with Gasteiger partial charge < -0.3 is 9.47 Å². The van der Waals surface area contributed by atoms with Crippen molar-refractivity contribution < 1.29 is 27.1 Å². The molecule has 0 saturated carbocycles. The summed E-state index contributed by atoms with van der Waals surface area (Å²) in [5.74, 6) is -0.745. The summed E-state index contributed by atoms with van der Waals surface area (Å²) in [5.41, 5.74) is 0.601. The van der Waals surface area contributed by atoms with Crippen molar-refractivity contribution in [3.63, 3.8) is 0 Å². The van der Waals surface area contributed by atoms with Crippen LogP contribution in [-0.4, -0.2) is 33.4 Å². The molecule has 0 aromatic heterocycles. The number of esters is 1. The Bertz CT molecular complexity index is 676. The van der Waals surface area contributed by atoms with Crippen molar-refractivity contribution in [3.8, 4) is 5.75 Å². The molecule has 1 aromatic rings. The quantitative estimate of drug-likeness (QED) is 0.502. The predicted molar refractivity (Wildman–Crippen MR) is 93.3 cm³/mol. The smallest absolute Gasteiger partial charge is 0.302 e. The van der Waals surface area contributed by atoms with Crippen LogP contribution in [0, 0.1) is 11.7 Å². The van der Waals surface area contributed by atoms with Crippen LogP contribution in [-0.2, 0) is 19.6 Å². The van der Waals surface area contributed by atoms with Gasteiger partial charge in [-0.05, 0) is 37.0 Å². The van der Waals surface area contributed by atoms with E-state index in [2.05, 4.69) is 4.72 Å². The summed E-state index contributed by atoms with van der Waals surface area (Å²) in [7, 11) is -3.55. The molecule has 25 heavy (non-hydrogen) atoms. The second-order valence-electron chi connectivity index (χ2n) is 6.25. The van der Waals surface area contributed by atoms with E-state index in [0.29, 0.717) is 12.2 Å². The molecule has 0 radical (unpaired) electrons. The maximum Gasteiger partial charge on any atom is 0.302 e. The van der Waals surface area contributed by atoms with Crippen LogP contribution in [0.4, 0.5) is 4.39 Å². The second-order valence-corrected chi connectivity index (χ2v) is 8.12. The average molecular weight is 375 g/mol. The first-order valence-electron chi connectivity index (χ1n) is 8.16. The summed E-state index contributed by atoms with van der Waals surface area (Å²) >= 11 is 0. The molecule has 142 valence electrons. The van der Waals surface area contributed by atoms with Gasteiger partial charge in [-0.25, -0.2) is 17.5 Å². The molecule has 1 aromatic carbocycles. The molecule has 0 heterocycles. The van der Waals surface area contributed by atoms with Crippen molar-refractivity contribution in [1.82, 2.24) is 4.72 Å². The van der Waals surface area contributed by atoms with Crippen molar-refractivity contribution in [2.75, 3.05) is 19.0 Å². The number of nitrogens with one attached hydrogen (secondary N) is 1. The first-order chi connectivity index (χ1) is 11.6. The second kappa shape index (κ2) is 9.72. The molecule has 8 heteroatoms. The molecule has 0 unspecified atom stereocenters. The molecule has 0 aliphatic heterocycles. The number of carbonyl (C=O) groups is 1. The Labute approximate surface area is 148 Å². The summed E-state index contributed by atoms with van der Waals surface area (Å²) in [4.78, 5) is 10.7. The van der Waals surface area contributed by atoms with Crippen molar-refractivity contribution in [3.05, 3.63) is 29.6 Å². The molecular weight excluding hydrogens is 349 g/mol. The van der Waals surface area contributed by atoms with E-state index in [9.17, 15) is 17.6 Å². The molecule has 1 atom stereocenters. The first-order valence-corrected chi connectivity index (χ1v) is 9.81. The van der Waals surface area contributed by atoms with Crippen LogP contribution in [0.1, 0.15) is 45.7 Å². The van der Waals surface area contributed by atoms with Crippen molar-refractivity contribution in [2.45, 2.75) is 40.2 Å². The molecule has 6 nitrogen and oxygen atoms in total. The predicted octanol–water partition coefficient (Wildman–Crippen LogP) is 2.79. The van der Waals surface area contributed by atoms with Crippen molar-refractivity contribution in [1.29, 1.82) is 0 Å². The minimum Gasteiger partial charge on any atom is -0.490 e. The van der Waals surface area contributed by atoms with E-state index in [0.717, 1.165) is 0 Å². The number of carbonyl (C=O) groups excluding carboxylic acids is 1. The third-order valence-electron chi connectivity index (χ3n) is 3.25. The lowest BCUT2D eigenvalue weighted by Gasteiger charge is -2.17. The van der Waals surface area contributed by atoms with E-state index in [1.54, 1.807) is 6.92 Å². The van der Waals surface area contributed by atoms with E-state index < -0.39 is 27.9 Å². The summed E-state index contributed by atoms with van der Waals surface area (Å²) in [6.07, 6.45) is 0.202. The highest BCUT2D eigenvalue weighted by Crippen LogP contribution is 2.24. The van der Waals surface area contributed by atoms with Crippen LogP contribution in [0.5, 0.6) is 5.75 Å². The number of hydrogen-bond donors (Lipinski definition) is 1. The van der Waals surface area contributed by atoms with Gasteiger partial charge in [-0.3, -0.25) is 4.79 Å². The third kappa shape index (κ3) is 8.31. The normalized spacial score (nSPS) is 12.9. The minimum absolute atomic E-state index is 0.0500. The van der Waals surface area contributed by atoms with E-state index in [1.807, 2.05) is 13.8 Å². The maximum atomic E-state index is 13.8. The molecule has 1 N–H and O–H groups in total. The molecule has 0 bridgehead atoms. The van der Waals surface area contributed by atoms with Gasteiger partial charge in [-0.1, -0.05) is 19.9 Å². The van der Waals surface area contributed by atoms with Crippen LogP contribution in [0.3, 0.4) is 0 Å². The van der Waals surface area contributed by atoms with Gasteiger partial charge in [0, 0.05) is 13.0 Å². The summed E-state index contributed by atoms with van der Waals surface area (Å²) < 4.78 is 50.6. The molecule has 0 aliphatic rings. The maximum absolute atomic E-state index is 13.8. The molecule has 0 amide bonds. The molecule has 0 aliphatic carbocycles. The Kier molecular flexibility index (Phi) is 8.31. The lowest BCUT2D eigenvalue weighted by Crippen LogP contribution is -2.29.